The number of carbonyl (C=O) groups excluding carboxylic acids is 1. The molecule has 1 amide bonds. The van der Waals surface area contributed by atoms with Gasteiger partial charge in [0.25, 0.3) is 0 Å². The molecule has 0 aliphatic carbocycles. The van der Waals surface area contributed by atoms with Crippen LogP contribution in [0.2, 0.25) is 0 Å². The summed E-state index contributed by atoms with van der Waals surface area (Å²) in [5, 5.41) is 18.0. The van der Waals surface area contributed by atoms with E-state index in [9.17, 15) is 14.9 Å². The SMILES string of the molecule is Cc1nn(CC(=O)NCCCN2CCN(c3ncccn3)CC2)c(C)c1[N+](=O)[O-]. The number of nitrogens with one attached hydrogen (secondary N) is 1. The molecule has 11 nitrogen and oxygen atoms in total. The largest absolute Gasteiger partial charge is 0.354 e. The van der Waals surface area contributed by atoms with Crippen LogP contribution in [0.3, 0.4) is 0 Å². The van der Waals surface area contributed by atoms with E-state index in [-0.39, 0.29) is 18.1 Å². The molecule has 1 fully saturated rings. The number of aryl methyl sites for hydroxylation is 1. The number of nitro groups is 1. The zero-order valence-electron chi connectivity index (χ0n) is 16.7. The standard InChI is InChI=1S/C18H26N8O3/c1-14-17(26(28)29)15(2)25(22-14)13-16(27)19-7-4-8-23-9-11-24(12-10-23)18-20-5-3-6-21-18/h3,5-6H,4,7-13H2,1-2H3,(H,19,27). The Morgan fingerprint density at radius 2 is 1.90 bits per heavy atom. The van der Waals surface area contributed by atoms with Crippen LogP contribution in [0.15, 0.2) is 18.5 Å². The summed E-state index contributed by atoms with van der Waals surface area (Å²) in [4.78, 5) is 35.8. The Kier molecular flexibility index (Phi) is 6.70. The Morgan fingerprint density at radius 1 is 1.21 bits per heavy atom. The van der Waals surface area contributed by atoms with Gasteiger partial charge in [0.1, 0.15) is 17.9 Å². The van der Waals surface area contributed by atoms with Gasteiger partial charge < -0.3 is 10.2 Å². The molecule has 1 aliphatic rings. The molecule has 3 heterocycles. The van der Waals surface area contributed by atoms with Crippen LogP contribution in [0.25, 0.3) is 0 Å². The van der Waals surface area contributed by atoms with E-state index in [1.807, 2.05) is 6.07 Å². The first-order chi connectivity index (χ1) is 14.0. The zero-order chi connectivity index (χ0) is 20.8. The highest BCUT2D eigenvalue weighted by atomic mass is 16.6. The van der Waals surface area contributed by atoms with Crippen molar-refractivity contribution in [3.8, 4) is 0 Å². The average Bonchev–Trinajstić information content (AvgIpc) is 2.99. The van der Waals surface area contributed by atoms with Crippen molar-refractivity contribution in [1.29, 1.82) is 0 Å². The highest BCUT2D eigenvalue weighted by Gasteiger charge is 2.23. The number of nitrogens with zero attached hydrogens (tertiary/aromatic N) is 7. The van der Waals surface area contributed by atoms with E-state index in [1.165, 1.54) is 4.68 Å². The van der Waals surface area contributed by atoms with Crippen LogP contribution >= 0.6 is 0 Å². The number of aromatic nitrogens is 4. The Morgan fingerprint density at radius 3 is 2.52 bits per heavy atom. The molecular formula is C18H26N8O3. The fraction of sp³-hybridized carbons (Fsp3) is 0.556. The smallest absolute Gasteiger partial charge is 0.312 e. The first-order valence-corrected chi connectivity index (χ1v) is 9.65. The fourth-order valence-electron chi connectivity index (χ4n) is 3.45. The molecule has 2 aromatic heterocycles. The van der Waals surface area contributed by atoms with E-state index in [4.69, 9.17) is 0 Å². The molecule has 1 saturated heterocycles. The summed E-state index contributed by atoms with van der Waals surface area (Å²) >= 11 is 0. The van der Waals surface area contributed by atoms with E-state index in [2.05, 4.69) is 30.2 Å². The van der Waals surface area contributed by atoms with Crippen LogP contribution in [-0.2, 0) is 11.3 Å². The van der Waals surface area contributed by atoms with Gasteiger partial charge in [0, 0.05) is 45.1 Å². The number of anilines is 1. The summed E-state index contributed by atoms with van der Waals surface area (Å²) in [6.07, 6.45) is 4.34. The van der Waals surface area contributed by atoms with E-state index in [0.717, 1.165) is 45.1 Å². The maximum absolute atomic E-state index is 12.1. The van der Waals surface area contributed by atoms with Crippen molar-refractivity contribution in [3.05, 3.63) is 40.0 Å². The third kappa shape index (κ3) is 5.25. The normalized spacial score (nSPS) is 14.8. The predicted molar refractivity (Wildman–Crippen MR) is 107 cm³/mol. The molecule has 0 radical (unpaired) electrons. The summed E-state index contributed by atoms with van der Waals surface area (Å²) in [6.45, 7) is 8.24. The Bertz CT molecular complexity index is 846. The van der Waals surface area contributed by atoms with Crippen LogP contribution in [-0.4, -0.2) is 74.7 Å². The first-order valence-electron chi connectivity index (χ1n) is 9.65. The van der Waals surface area contributed by atoms with Crippen LogP contribution in [0, 0.1) is 24.0 Å². The molecule has 0 atom stereocenters. The lowest BCUT2D eigenvalue weighted by Gasteiger charge is -2.34. The van der Waals surface area contributed by atoms with Gasteiger partial charge in [0.2, 0.25) is 11.9 Å². The second-order valence-corrected chi connectivity index (χ2v) is 7.02. The van der Waals surface area contributed by atoms with Gasteiger partial charge in [0.05, 0.1) is 4.92 Å². The molecule has 156 valence electrons. The number of hydrogen-bond donors (Lipinski definition) is 1. The van der Waals surface area contributed by atoms with Crippen LogP contribution in [0.4, 0.5) is 11.6 Å². The monoisotopic (exact) mass is 402 g/mol. The van der Waals surface area contributed by atoms with Gasteiger partial charge in [-0.15, -0.1) is 0 Å². The maximum Gasteiger partial charge on any atom is 0.312 e. The highest BCUT2D eigenvalue weighted by Crippen LogP contribution is 2.21. The summed E-state index contributed by atoms with van der Waals surface area (Å²) in [5.41, 5.74) is 0.682. The number of rotatable bonds is 8. The van der Waals surface area contributed by atoms with Crippen LogP contribution in [0.5, 0.6) is 0 Å². The molecule has 11 heteroatoms. The Labute approximate surface area is 168 Å². The van der Waals surface area contributed by atoms with Crippen molar-refractivity contribution < 1.29 is 9.72 Å². The molecular weight excluding hydrogens is 376 g/mol. The van der Waals surface area contributed by atoms with Gasteiger partial charge in [0.15, 0.2) is 0 Å². The molecule has 0 unspecified atom stereocenters. The molecule has 29 heavy (non-hydrogen) atoms. The second kappa shape index (κ2) is 9.41. The van der Waals surface area contributed by atoms with Gasteiger partial charge in [-0.25, -0.2) is 9.97 Å². The van der Waals surface area contributed by atoms with Gasteiger partial charge >= 0.3 is 5.69 Å². The lowest BCUT2D eigenvalue weighted by Crippen LogP contribution is -2.47. The number of piperazine rings is 1. The molecule has 1 N–H and O–H groups in total. The lowest BCUT2D eigenvalue weighted by atomic mass is 10.3. The highest BCUT2D eigenvalue weighted by molar-refractivity contribution is 5.75. The number of carbonyl (C=O) groups is 1. The molecule has 2 aromatic rings. The summed E-state index contributed by atoms with van der Waals surface area (Å²) in [7, 11) is 0. The summed E-state index contributed by atoms with van der Waals surface area (Å²) in [5.74, 6) is 0.570. The van der Waals surface area contributed by atoms with E-state index in [1.54, 1.807) is 26.2 Å². The van der Waals surface area contributed by atoms with Gasteiger partial charge in [-0.1, -0.05) is 0 Å². The number of amides is 1. The lowest BCUT2D eigenvalue weighted by molar-refractivity contribution is -0.386. The molecule has 1 aliphatic heterocycles. The summed E-state index contributed by atoms with van der Waals surface area (Å²) in [6, 6.07) is 1.81. The average molecular weight is 402 g/mol. The zero-order valence-corrected chi connectivity index (χ0v) is 16.7. The Hall–Kier alpha value is -3.08. The van der Waals surface area contributed by atoms with Gasteiger partial charge in [-0.3, -0.25) is 24.5 Å². The number of hydrogen-bond acceptors (Lipinski definition) is 8. The molecule has 3 rings (SSSR count). The molecule has 0 spiro atoms. The minimum atomic E-state index is -0.463. The quantitative estimate of drug-likeness (QED) is 0.385. The first kappa shape index (κ1) is 20.6. The molecule has 0 saturated carbocycles. The van der Waals surface area contributed by atoms with Crippen molar-refractivity contribution in [2.24, 2.45) is 0 Å². The summed E-state index contributed by atoms with van der Waals surface area (Å²) < 4.78 is 1.38. The fourth-order valence-corrected chi connectivity index (χ4v) is 3.45. The van der Waals surface area contributed by atoms with E-state index >= 15 is 0 Å². The van der Waals surface area contributed by atoms with Crippen LogP contribution in [0.1, 0.15) is 17.8 Å². The van der Waals surface area contributed by atoms with Gasteiger partial charge in [-0.2, -0.15) is 5.10 Å². The predicted octanol–water partition coefficient (Wildman–Crippen LogP) is 0.527. The third-order valence-corrected chi connectivity index (χ3v) is 5.00. The minimum absolute atomic E-state index is 0.0176. The third-order valence-electron chi connectivity index (χ3n) is 5.00. The van der Waals surface area contributed by atoms with Crippen molar-refractivity contribution in [3.63, 3.8) is 0 Å². The van der Waals surface area contributed by atoms with Crippen molar-refractivity contribution in [2.45, 2.75) is 26.8 Å². The Balaban J connectivity index is 1.35. The second-order valence-electron chi connectivity index (χ2n) is 7.02. The topological polar surface area (TPSA) is 122 Å². The van der Waals surface area contributed by atoms with E-state index < -0.39 is 4.92 Å². The van der Waals surface area contributed by atoms with Crippen molar-refractivity contribution in [1.82, 2.24) is 30.0 Å². The van der Waals surface area contributed by atoms with Crippen molar-refractivity contribution >= 4 is 17.5 Å². The minimum Gasteiger partial charge on any atom is -0.354 e. The van der Waals surface area contributed by atoms with Gasteiger partial charge in [-0.05, 0) is 32.9 Å². The molecule has 0 bridgehead atoms. The van der Waals surface area contributed by atoms with Crippen LogP contribution < -0.4 is 10.2 Å². The molecule has 0 aromatic carbocycles. The van der Waals surface area contributed by atoms with E-state index in [0.29, 0.717) is 17.9 Å². The van der Waals surface area contributed by atoms with Crippen molar-refractivity contribution in [2.75, 3.05) is 44.2 Å². The maximum atomic E-state index is 12.1.